The van der Waals surface area contributed by atoms with Crippen LogP contribution in [0.5, 0.6) is 0 Å². The lowest BCUT2D eigenvalue weighted by molar-refractivity contribution is -0.361. The molecule has 2 heterocycles. The third-order valence-electron chi connectivity index (χ3n) is 3.98. The Bertz CT molecular complexity index is 380. The summed E-state index contributed by atoms with van der Waals surface area (Å²) < 4.78 is 15.1. The van der Waals surface area contributed by atoms with Gasteiger partial charge in [0.1, 0.15) is 48.8 Å². The van der Waals surface area contributed by atoms with Crippen molar-refractivity contribution in [2.75, 3.05) is 13.2 Å². The highest BCUT2D eigenvalue weighted by atomic mass is 16.7. The first kappa shape index (κ1) is 18.9. The van der Waals surface area contributed by atoms with Crippen LogP contribution in [0.2, 0.25) is 0 Å². The molecule has 10 atom stereocenters. The van der Waals surface area contributed by atoms with Gasteiger partial charge in [0.05, 0.1) is 13.2 Å². The Hall–Kier alpha value is -0.440. The highest BCUT2D eigenvalue weighted by Gasteiger charge is 2.50. The predicted octanol–water partition coefficient (Wildman–Crippen LogP) is -5.40. The molecule has 2 aliphatic rings. The lowest BCUT2D eigenvalue weighted by atomic mass is 9.97. The number of hydrogen-bond donors (Lipinski definition) is 8. The Morgan fingerprint density at radius 3 is 1.74 bits per heavy atom. The van der Waals surface area contributed by atoms with E-state index in [1.165, 1.54) is 0 Å². The molecule has 0 aromatic rings. The van der Waals surface area contributed by atoms with Crippen LogP contribution in [0.3, 0.4) is 0 Å². The van der Waals surface area contributed by atoms with E-state index in [9.17, 15) is 30.6 Å². The summed E-state index contributed by atoms with van der Waals surface area (Å²) in [4.78, 5) is 0. The van der Waals surface area contributed by atoms with Gasteiger partial charge < -0.3 is 55.1 Å². The van der Waals surface area contributed by atoms with E-state index in [0.29, 0.717) is 0 Å². The summed E-state index contributed by atoms with van der Waals surface area (Å²) in [6, 6.07) is 0. The van der Waals surface area contributed by atoms with Crippen molar-refractivity contribution in [2.45, 2.75) is 61.4 Å². The van der Waals surface area contributed by atoms with Gasteiger partial charge in [-0.2, -0.15) is 0 Å². The molecule has 2 fully saturated rings. The van der Waals surface area contributed by atoms with Crippen LogP contribution in [0.1, 0.15) is 0 Å². The zero-order chi connectivity index (χ0) is 17.3. The molecule has 11 nitrogen and oxygen atoms in total. The number of rotatable bonds is 4. The van der Waals surface area contributed by atoms with E-state index < -0.39 is 74.6 Å². The van der Waals surface area contributed by atoms with Crippen molar-refractivity contribution in [1.29, 1.82) is 0 Å². The van der Waals surface area contributed by atoms with Crippen LogP contribution >= 0.6 is 0 Å². The van der Waals surface area contributed by atoms with Gasteiger partial charge in [-0.25, -0.2) is 0 Å². The van der Waals surface area contributed by atoms with Gasteiger partial charge in [-0.3, -0.25) is 0 Å². The second-order valence-corrected chi connectivity index (χ2v) is 5.53. The molecule has 0 radical (unpaired) electrons. The molecule has 0 amide bonds. The van der Waals surface area contributed by atoms with Crippen molar-refractivity contribution in [3.8, 4) is 0 Å². The van der Waals surface area contributed by atoms with Crippen molar-refractivity contribution >= 4 is 0 Å². The standard InChI is InChI=1S/C12H22O11/c13-1-3-6(16)8(18)10(11(20)21-3)23-12-9(19)7(17)5(15)4(2-14)22-12/h3-20H,1-2H2/t3?,4?,5?,6?,7-,8-,9?,10?,11?,12?/m1/s1. The zero-order valence-electron chi connectivity index (χ0n) is 12.0. The zero-order valence-corrected chi connectivity index (χ0v) is 12.0. The molecule has 2 rings (SSSR count). The molecule has 2 saturated heterocycles. The molecule has 0 aromatic carbocycles. The fourth-order valence-corrected chi connectivity index (χ4v) is 2.55. The minimum atomic E-state index is -1.75. The molecular formula is C12H22O11. The Balaban J connectivity index is 2.08. The average Bonchev–Trinajstić information content (AvgIpc) is 2.54. The van der Waals surface area contributed by atoms with E-state index in [2.05, 4.69) is 0 Å². The minimum Gasteiger partial charge on any atom is -0.394 e. The number of aliphatic hydroxyl groups excluding tert-OH is 8. The molecule has 0 bridgehead atoms. The monoisotopic (exact) mass is 342 g/mol. The molecule has 0 saturated carbocycles. The molecule has 0 spiro atoms. The maximum Gasteiger partial charge on any atom is 0.187 e. The molecule has 8 N–H and O–H groups in total. The van der Waals surface area contributed by atoms with Gasteiger partial charge in [0.15, 0.2) is 12.6 Å². The molecule has 11 heteroatoms. The van der Waals surface area contributed by atoms with Gasteiger partial charge in [0.25, 0.3) is 0 Å². The van der Waals surface area contributed by atoms with Gasteiger partial charge in [0.2, 0.25) is 0 Å². The Labute approximate surface area is 130 Å². The molecule has 2 aliphatic heterocycles. The fourth-order valence-electron chi connectivity index (χ4n) is 2.55. The van der Waals surface area contributed by atoms with Gasteiger partial charge in [-0.05, 0) is 0 Å². The summed E-state index contributed by atoms with van der Waals surface area (Å²) in [5, 5.41) is 76.7. The van der Waals surface area contributed by atoms with Crippen LogP contribution in [0, 0.1) is 0 Å². The summed E-state index contributed by atoms with van der Waals surface area (Å²) in [5.41, 5.74) is 0. The van der Waals surface area contributed by atoms with Crippen LogP contribution in [0.25, 0.3) is 0 Å². The smallest absolute Gasteiger partial charge is 0.187 e. The normalized spacial score (nSPS) is 51.7. The van der Waals surface area contributed by atoms with Crippen LogP contribution in [-0.2, 0) is 14.2 Å². The quantitative estimate of drug-likeness (QED) is 0.243. The first-order valence-electron chi connectivity index (χ1n) is 7.08. The van der Waals surface area contributed by atoms with Crippen molar-refractivity contribution in [2.24, 2.45) is 0 Å². The summed E-state index contributed by atoms with van der Waals surface area (Å²) in [7, 11) is 0. The van der Waals surface area contributed by atoms with Crippen LogP contribution in [0.15, 0.2) is 0 Å². The maximum atomic E-state index is 9.94. The largest absolute Gasteiger partial charge is 0.394 e. The summed E-state index contributed by atoms with van der Waals surface area (Å²) in [6.07, 6.45) is -15.6. The summed E-state index contributed by atoms with van der Waals surface area (Å²) in [5.74, 6) is 0. The van der Waals surface area contributed by atoms with Crippen LogP contribution in [0.4, 0.5) is 0 Å². The second-order valence-electron chi connectivity index (χ2n) is 5.53. The van der Waals surface area contributed by atoms with Gasteiger partial charge in [-0.15, -0.1) is 0 Å². The van der Waals surface area contributed by atoms with Gasteiger partial charge in [0, 0.05) is 0 Å². The van der Waals surface area contributed by atoms with Gasteiger partial charge in [-0.1, -0.05) is 0 Å². The molecular weight excluding hydrogens is 320 g/mol. The third-order valence-corrected chi connectivity index (χ3v) is 3.98. The van der Waals surface area contributed by atoms with E-state index in [1.807, 2.05) is 0 Å². The average molecular weight is 342 g/mol. The highest BCUT2D eigenvalue weighted by molar-refractivity contribution is 4.93. The molecule has 0 aromatic heterocycles. The van der Waals surface area contributed by atoms with Crippen LogP contribution in [-0.4, -0.2) is 115 Å². The number of ether oxygens (including phenoxy) is 3. The first-order chi connectivity index (χ1) is 10.8. The van der Waals surface area contributed by atoms with Crippen LogP contribution < -0.4 is 0 Å². The van der Waals surface area contributed by atoms with Crippen molar-refractivity contribution in [3.05, 3.63) is 0 Å². The van der Waals surface area contributed by atoms with Crippen molar-refractivity contribution in [3.63, 3.8) is 0 Å². The first-order valence-corrected chi connectivity index (χ1v) is 7.08. The summed E-state index contributed by atoms with van der Waals surface area (Å²) in [6.45, 7) is -1.33. The molecule has 8 unspecified atom stereocenters. The SMILES string of the molecule is OCC1OC(OC2C(O)OC(CO)C(O)[C@H]2O)C(O)[C@H](O)C1O. The van der Waals surface area contributed by atoms with E-state index in [-0.39, 0.29) is 0 Å². The van der Waals surface area contributed by atoms with Gasteiger partial charge >= 0.3 is 0 Å². The predicted molar refractivity (Wildman–Crippen MR) is 68.6 cm³/mol. The Morgan fingerprint density at radius 2 is 1.17 bits per heavy atom. The third kappa shape index (κ3) is 3.65. The van der Waals surface area contributed by atoms with E-state index in [4.69, 9.17) is 24.4 Å². The lowest BCUT2D eigenvalue weighted by Crippen LogP contribution is -2.64. The van der Waals surface area contributed by atoms with E-state index in [0.717, 1.165) is 0 Å². The summed E-state index contributed by atoms with van der Waals surface area (Å²) >= 11 is 0. The molecule has 23 heavy (non-hydrogen) atoms. The topological polar surface area (TPSA) is 190 Å². The lowest BCUT2D eigenvalue weighted by Gasteiger charge is -2.44. The van der Waals surface area contributed by atoms with Crippen molar-refractivity contribution < 1.29 is 55.1 Å². The Kier molecular flexibility index (Phi) is 6.27. The number of hydrogen-bond acceptors (Lipinski definition) is 11. The second kappa shape index (κ2) is 7.63. The molecule has 0 aliphatic carbocycles. The number of aliphatic hydroxyl groups is 8. The fraction of sp³-hybridized carbons (Fsp3) is 1.00. The van der Waals surface area contributed by atoms with E-state index in [1.54, 1.807) is 0 Å². The van der Waals surface area contributed by atoms with E-state index >= 15 is 0 Å². The highest BCUT2D eigenvalue weighted by Crippen LogP contribution is 2.28. The minimum absolute atomic E-state index is 0.651. The molecule has 136 valence electrons. The van der Waals surface area contributed by atoms with Crippen molar-refractivity contribution in [1.82, 2.24) is 0 Å². The Morgan fingerprint density at radius 1 is 0.652 bits per heavy atom. The maximum absolute atomic E-state index is 9.94.